The van der Waals surface area contributed by atoms with Gasteiger partial charge in [0.25, 0.3) is 5.91 Å². The molecule has 7 nitrogen and oxygen atoms in total. The normalized spacial score (nSPS) is 11.8. The van der Waals surface area contributed by atoms with Crippen molar-refractivity contribution >= 4 is 76.1 Å². The highest BCUT2D eigenvalue weighted by Gasteiger charge is 2.25. The molecule has 0 aliphatic rings. The van der Waals surface area contributed by atoms with Crippen LogP contribution in [0.2, 0.25) is 0 Å². The molecule has 0 aliphatic heterocycles. The lowest BCUT2D eigenvalue weighted by atomic mass is 10.2. The molecule has 1 amide bonds. The van der Waals surface area contributed by atoms with Gasteiger partial charge in [0.1, 0.15) is 0 Å². The Kier molecular flexibility index (Phi) is 8.27. The molecule has 0 radical (unpaired) electrons. The van der Waals surface area contributed by atoms with Gasteiger partial charge in [0.15, 0.2) is 0 Å². The number of amides is 1. The van der Waals surface area contributed by atoms with Gasteiger partial charge >= 0.3 is 0 Å². The van der Waals surface area contributed by atoms with Crippen molar-refractivity contribution in [1.82, 2.24) is 9.29 Å². The number of aromatic nitrogens is 1. The minimum Gasteiger partial charge on any atom is -0.267 e. The monoisotopic (exact) mass is 600 g/mol. The summed E-state index contributed by atoms with van der Waals surface area (Å²) < 4.78 is 29.1. The summed E-state index contributed by atoms with van der Waals surface area (Å²) in [5.74, 6) is -0.432. The van der Waals surface area contributed by atoms with Crippen LogP contribution in [0.25, 0.3) is 10.2 Å². The number of carbonyl (C=O) groups is 1. The van der Waals surface area contributed by atoms with E-state index < -0.39 is 15.9 Å². The quantitative estimate of drug-likeness (QED) is 0.124. The van der Waals surface area contributed by atoms with Gasteiger partial charge in [-0.2, -0.15) is 14.4 Å². The first-order valence-electron chi connectivity index (χ1n) is 10.6. The summed E-state index contributed by atoms with van der Waals surface area (Å²) in [6.45, 7) is 7.54. The number of fused-ring (bicyclic) bond motifs is 1. The van der Waals surface area contributed by atoms with Crippen LogP contribution in [0.5, 0.6) is 0 Å². The van der Waals surface area contributed by atoms with Crippen LogP contribution in [0, 0.1) is 0 Å². The lowest BCUT2D eigenvalue weighted by molar-refractivity contribution is 0.0987. The summed E-state index contributed by atoms with van der Waals surface area (Å²) in [5.41, 5.74) is 1.02. The summed E-state index contributed by atoms with van der Waals surface area (Å²) in [7, 11) is -3.78. The Hall–Kier alpha value is -2.96. The highest BCUT2D eigenvalue weighted by Crippen LogP contribution is 2.32. The number of anilines is 1. The van der Waals surface area contributed by atoms with Crippen molar-refractivity contribution in [2.24, 2.45) is 5.10 Å². The van der Waals surface area contributed by atoms with Crippen LogP contribution in [0.3, 0.4) is 0 Å². The minimum absolute atomic E-state index is 0.0706. The molecule has 184 valence electrons. The number of thiazole rings is 1. The van der Waals surface area contributed by atoms with Crippen LogP contribution in [0.4, 0.5) is 5.13 Å². The second-order valence-corrected chi connectivity index (χ2v) is 12.3. The third-order valence-electron chi connectivity index (χ3n) is 4.96. The summed E-state index contributed by atoms with van der Waals surface area (Å²) in [4.78, 5) is 19.1. The molecule has 2 aromatic carbocycles. The molecule has 4 aromatic rings. The van der Waals surface area contributed by atoms with E-state index in [4.69, 9.17) is 0 Å². The first kappa shape index (κ1) is 26.1. The maximum Gasteiger partial charge on any atom is 0.280 e. The molecule has 0 fully saturated rings. The van der Waals surface area contributed by atoms with E-state index in [-0.39, 0.29) is 23.5 Å². The molecular formula is C25H21BrN4O3S3. The van der Waals surface area contributed by atoms with Crippen LogP contribution < -0.4 is 5.01 Å². The van der Waals surface area contributed by atoms with Gasteiger partial charge in [0.2, 0.25) is 15.2 Å². The Balaban J connectivity index is 1.68. The molecule has 36 heavy (non-hydrogen) atoms. The Bertz CT molecular complexity index is 1520. The van der Waals surface area contributed by atoms with E-state index in [1.807, 2.05) is 35.7 Å². The minimum atomic E-state index is -3.78. The first-order chi connectivity index (χ1) is 17.3. The van der Waals surface area contributed by atoms with E-state index in [1.54, 1.807) is 6.21 Å². The molecule has 11 heteroatoms. The number of carbonyl (C=O) groups excluding carboxylic acids is 1. The number of benzene rings is 2. The van der Waals surface area contributed by atoms with Crippen molar-refractivity contribution < 1.29 is 13.2 Å². The van der Waals surface area contributed by atoms with Crippen molar-refractivity contribution in [1.29, 1.82) is 0 Å². The Morgan fingerprint density at radius 2 is 1.81 bits per heavy atom. The molecule has 0 atom stereocenters. The Morgan fingerprint density at radius 1 is 1.08 bits per heavy atom. The van der Waals surface area contributed by atoms with Crippen molar-refractivity contribution in [2.45, 2.75) is 4.90 Å². The average Bonchev–Trinajstić information content (AvgIpc) is 3.53. The smallest absolute Gasteiger partial charge is 0.267 e. The fourth-order valence-corrected chi connectivity index (χ4v) is 6.68. The number of rotatable bonds is 10. The molecule has 0 N–H and O–H groups in total. The molecule has 0 saturated heterocycles. The third-order valence-corrected chi connectivity index (χ3v) is 9.10. The molecule has 2 heterocycles. The van der Waals surface area contributed by atoms with Gasteiger partial charge in [-0.15, -0.1) is 24.5 Å². The van der Waals surface area contributed by atoms with Crippen LogP contribution >= 0.6 is 38.6 Å². The number of hydrazone groups is 1. The molecule has 0 aliphatic carbocycles. The number of thiophene rings is 1. The van der Waals surface area contributed by atoms with Gasteiger partial charge in [-0.25, -0.2) is 13.4 Å². The lowest BCUT2D eigenvalue weighted by Crippen LogP contribution is -2.31. The molecular weight excluding hydrogens is 580 g/mol. The number of hydrogen-bond acceptors (Lipinski definition) is 7. The summed E-state index contributed by atoms with van der Waals surface area (Å²) in [6.07, 6.45) is 4.63. The molecule has 0 saturated carbocycles. The summed E-state index contributed by atoms with van der Waals surface area (Å²) in [5, 5.41) is 8.00. The molecule has 4 rings (SSSR count). The second kappa shape index (κ2) is 11.4. The van der Waals surface area contributed by atoms with Gasteiger partial charge in [-0.3, -0.25) is 4.79 Å². The first-order valence-corrected chi connectivity index (χ1v) is 14.6. The lowest BCUT2D eigenvalue weighted by Gasteiger charge is -2.19. The zero-order chi connectivity index (χ0) is 25.7. The average molecular weight is 602 g/mol. The van der Waals surface area contributed by atoms with E-state index >= 15 is 0 Å². The molecule has 0 unspecified atom stereocenters. The van der Waals surface area contributed by atoms with Gasteiger partial charge in [-0.05, 0) is 53.9 Å². The van der Waals surface area contributed by atoms with Crippen LogP contribution in [-0.4, -0.2) is 42.9 Å². The standard InChI is InChI=1S/C25H21BrN4O3S3/c1-3-13-29(14-4-2)36(32,33)21-10-7-18(8-11-21)24(31)30(27-17-20-6-5-15-34-20)25-28-22-12-9-19(26)16-23(22)35-25/h3-12,15-17H,1-2,13-14H2/b27-17+. The zero-order valence-corrected chi connectivity index (χ0v) is 23.0. The zero-order valence-electron chi connectivity index (χ0n) is 19.0. The largest absolute Gasteiger partial charge is 0.280 e. The molecule has 0 bridgehead atoms. The van der Waals surface area contributed by atoms with Gasteiger partial charge in [-0.1, -0.05) is 45.5 Å². The van der Waals surface area contributed by atoms with Gasteiger partial charge in [0.05, 0.1) is 21.3 Å². The number of hydrogen-bond donors (Lipinski definition) is 0. The topological polar surface area (TPSA) is 82.9 Å². The van der Waals surface area contributed by atoms with E-state index in [0.29, 0.717) is 5.13 Å². The van der Waals surface area contributed by atoms with Crippen LogP contribution in [0.15, 0.2) is 99.8 Å². The highest BCUT2D eigenvalue weighted by molar-refractivity contribution is 9.10. The highest BCUT2D eigenvalue weighted by atomic mass is 79.9. The summed E-state index contributed by atoms with van der Waals surface area (Å²) in [6, 6.07) is 15.3. The van der Waals surface area contributed by atoms with Crippen molar-refractivity contribution in [3.8, 4) is 0 Å². The molecule has 0 spiro atoms. The molecule has 2 aromatic heterocycles. The fraction of sp³-hybridized carbons (Fsp3) is 0.0800. The summed E-state index contributed by atoms with van der Waals surface area (Å²) >= 11 is 6.29. The Labute approximate surface area is 225 Å². The van der Waals surface area contributed by atoms with E-state index in [9.17, 15) is 13.2 Å². The second-order valence-electron chi connectivity index (χ2n) is 7.41. The van der Waals surface area contributed by atoms with Crippen molar-refractivity contribution in [3.05, 3.63) is 100 Å². The van der Waals surface area contributed by atoms with E-state index in [2.05, 4.69) is 39.2 Å². The number of sulfonamides is 1. The Morgan fingerprint density at radius 3 is 2.44 bits per heavy atom. The van der Waals surface area contributed by atoms with Crippen molar-refractivity contribution in [3.63, 3.8) is 0 Å². The predicted octanol–water partition coefficient (Wildman–Crippen LogP) is 6.16. The van der Waals surface area contributed by atoms with Gasteiger partial charge < -0.3 is 0 Å². The third kappa shape index (κ3) is 5.71. The maximum atomic E-state index is 13.5. The van der Waals surface area contributed by atoms with Crippen molar-refractivity contribution in [2.75, 3.05) is 18.1 Å². The number of nitrogens with zero attached hydrogens (tertiary/aromatic N) is 4. The fourth-order valence-electron chi connectivity index (χ4n) is 3.24. The number of halogens is 1. The van der Waals surface area contributed by atoms with E-state index in [1.165, 1.54) is 68.4 Å². The van der Waals surface area contributed by atoms with Crippen LogP contribution in [0.1, 0.15) is 15.2 Å². The van der Waals surface area contributed by atoms with Crippen LogP contribution in [-0.2, 0) is 10.0 Å². The predicted molar refractivity (Wildman–Crippen MR) is 152 cm³/mol. The maximum absolute atomic E-state index is 13.5. The van der Waals surface area contributed by atoms with Gasteiger partial charge in [0, 0.05) is 28.0 Å². The SMILES string of the molecule is C=CCN(CC=C)S(=O)(=O)c1ccc(C(=O)N(/N=C/c2cccs2)c2nc3ccc(Br)cc3s2)cc1. The van der Waals surface area contributed by atoms with E-state index in [0.717, 1.165) is 19.6 Å².